The number of nitrogens with zero attached hydrogens (tertiary/aromatic N) is 2. The summed E-state index contributed by atoms with van der Waals surface area (Å²) >= 11 is 6.28. The first-order valence-corrected chi connectivity index (χ1v) is 9.38. The van der Waals surface area contributed by atoms with Gasteiger partial charge in [0, 0.05) is 25.0 Å². The zero-order chi connectivity index (χ0) is 21.1. The van der Waals surface area contributed by atoms with Crippen molar-refractivity contribution in [2.75, 3.05) is 26.0 Å². The van der Waals surface area contributed by atoms with E-state index in [0.717, 1.165) is 10.9 Å². The molecule has 0 fully saturated rings. The number of hydrogen-bond donors (Lipinski definition) is 2. The third-order valence-corrected chi connectivity index (χ3v) is 4.24. The molecule has 1 aromatic carbocycles. The highest BCUT2D eigenvalue weighted by molar-refractivity contribution is 6.35. The standard InChI is InChI=1S/C20H27ClN4O3/c1-12(23-19(27)28-20(2,3)4)14-10-13-8-7-9-15(21)17(13)24-18(14)22-11-16(26)25(5)6/h7-10,12H,11H2,1-6H3,(H,22,24)(H,23,27)/t12-/m0/s1. The number of likely N-dealkylation sites (N-methyl/N-ethyl adjacent to an activating group) is 1. The average Bonchev–Trinajstić information content (AvgIpc) is 2.57. The van der Waals surface area contributed by atoms with Crippen molar-refractivity contribution in [2.24, 2.45) is 0 Å². The quantitative estimate of drug-likeness (QED) is 0.784. The molecule has 0 aliphatic carbocycles. The highest BCUT2D eigenvalue weighted by Gasteiger charge is 2.21. The fraction of sp³-hybridized carbons (Fsp3) is 0.450. The van der Waals surface area contributed by atoms with Crippen molar-refractivity contribution in [3.8, 4) is 0 Å². The minimum atomic E-state index is -0.599. The van der Waals surface area contributed by atoms with E-state index in [1.165, 1.54) is 4.90 Å². The maximum atomic E-state index is 12.2. The lowest BCUT2D eigenvalue weighted by Gasteiger charge is -2.23. The summed E-state index contributed by atoms with van der Waals surface area (Å²) in [6.45, 7) is 7.31. The minimum absolute atomic E-state index is 0.0715. The molecule has 0 saturated heterocycles. The van der Waals surface area contributed by atoms with E-state index in [1.54, 1.807) is 40.9 Å². The van der Waals surface area contributed by atoms with Gasteiger partial charge in [0.1, 0.15) is 11.4 Å². The first kappa shape index (κ1) is 21.8. The van der Waals surface area contributed by atoms with Crippen LogP contribution < -0.4 is 10.6 Å². The molecule has 0 aliphatic heterocycles. The van der Waals surface area contributed by atoms with E-state index in [2.05, 4.69) is 15.6 Å². The maximum absolute atomic E-state index is 12.2. The van der Waals surface area contributed by atoms with Crippen LogP contribution in [0.25, 0.3) is 10.9 Å². The van der Waals surface area contributed by atoms with E-state index in [9.17, 15) is 9.59 Å². The number of carbonyl (C=O) groups is 2. The molecule has 0 bridgehead atoms. The molecule has 7 nitrogen and oxygen atoms in total. The fourth-order valence-corrected chi connectivity index (χ4v) is 2.75. The Kier molecular flexibility index (Phi) is 6.72. The van der Waals surface area contributed by atoms with E-state index in [1.807, 2.05) is 25.1 Å². The molecule has 0 saturated carbocycles. The summed E-state index contributed by atoms with van der Waals surface area (Å²) in [5.74, 6) is 0.388. The number of pyridine rings is 1. The van der Waals surface area contributed by atoms with Crippen molar-refractivity contribution in [1.29, 1.82) is 0 Å². The van der Waals surface area contributed by atoms with Crippen LogP contribution in [0, 0.1) is 0 Å². The maximum Gasteiger partial charge on any atom is 0.408 e. The summed E-state index contributed by atoms with van der Waals surface area (Å²) in [4.78, 5) is 30.2. The normalized spacial score (nSPS) is 12.4. The SMILES string of the molecule is C[C@H](NC(=O)OC(C)(C)C)c1cc2cccc(Cl)c2nc1NCC(=O)N(C)C. The number of aromatic nitrogens is 1. The number of ether oxygens (including phenoxy) is 1. The molecular formula is C20H27ClN4O3. The van der Waals surface area contributed by atoms with E-state index in [4.69, 9.17) is 16.3 Å². The Morgan fingerprint density at radius 2 is 1.96 bits per heavy atom. The highest BCUT2D eigenvalue weighted by Crippen LogP contribution is 2.29. The first-order chi connectivity index (χ1) is 13.0. The molecule has 1 heterocycles. The van der Waals surface area contributed by atoms with Gasteiger partial charge in [0.25, 0.3) is 0 Å². The van der Waals surface area contributed by atoms with E-state index in [-0.39, 0.29) is 12.5 Å². The number of carbonyl (C=O) groups excluding carboxylic acids is 2. The van der Waals surface area contributed by atoms with Gasteiger partial charge in [-0.2, -0.15) is 0 Å². The second kappa shape index (κ2) is 8.65. The monoisotopic (exact) mass is 406 g/mol. The number of rotatable bonds is 5. The van der Waals surface area contributed by atoms with Gasteiger partial charge in [0.2, 0.25) is 5.91 Å². The number of para-hydroxylation sites is 1. The third kappa shape index (κ3) is 5.73. The summed E-state index contributed by atoms with van der Waals surface area (Å²) in [6.07, 6.45) is -0.526. The molecule has 28 heavy (non-hydrogen) atoms. The van der Waals surface area contributed by atoms with Gasteiger partial charge in [-0.3, -0.25) is 4.79 Å². The average molecular weight is 407 g/mol. The summed E-state index contributed by atoms with van der Waals surface area (Å²) in [6, 6.07) is 6.99. The van der Waals surface area contributed by atoms with Crippen molar-refractivity contribution >= 4 is 40.3 Å². The van der Waals surface area contributed by atoms with Crippen molar-refractivity contribution in [3.05, 3.63) is 34.9 Å². The van der Waals surface area contributed by atoms with Gasteiger partial charge in [-0.25, -0.2) is 9.78 Å². The molecule has 1 aromatic heterocycles. The Hall–Kier alpha value is -2.54. The van der Waals surface area contributed by atoms with Crippen LogP contribution in [-0.2, 0) is 9.53 Å². The molecule has 0 spiro atoms. The summed E-state index contributed by atoms with van der Waals surface area (Å²) < 4.78 is 5.33. The molecule has 2 amide bonds. The Morgan fingerprint density at radius 1 is 1.29 bits per heavy atom. The van der Waals surface area contributed by atoms with E-state index < -0.39 is 17.7 Å². The van der Waals surface area contributed by atoms with Crippen LogP contribution in [-0.4, -0.2) is 48.1 Å². The molecule has 0 unspecified atom stereocenters. The van der Waals surface area contributed by atoms with Crippen molar-refractivity contribution in [2.45, 2.75) is 39.3 Å². The van der Waals surface area contributed by atoms with Crippen LogP contribution in [0.5, 0.6) is 0 Å². The Bertz CT molecular complexity index is 878. The summed E-state index contributed by atoms with van der Waals surface area (Å²) in [7, 11) is 3.37. The molecular weight excluding hydrogens is 380 g/mol. The lowest BCUT2D eigenvalue weighted by atomic mass is 10.1. The zero-order valence-corrected chi connectivity index (χ0v) is 17.8. The second-order valence-electron chi connectivity index (χ2n) is 7.75. The topological polar surface area (TPSA) is 83.6 Å². The largest absolute Gasteiger partial charge is 0.444 e. The predicted molar refractivity (Wildman–Crippen MR) is 112 cm³/mol. The fourth-order valence-electron chi connectivity index (χ4n) is 2.53. The number of anilines is 1. The molecule has 0 radical (unpaired) electrons. The number of benzene rings is 1. The predicted octanol–water partition coefficient (Wildman–Crippen LogP) is 3.97. The van der Waals surface area contributed by atoms with E-state index in [0.29, 0.717) is 16.4 Å². The highest BCUT2D eigenvalue weighted by atomic mass is 35.5. The lowest BCUT2D eigenvalue weighted by molar-refractivity contribution is -0.126. The van der Waals surface area contributed by atoms with Crippen LogP contribution in [0.2, 0.25) is 5.02 Å². The number of nitrogens with one attached hydrogen (secondary N) is 2. The van der Waals surface area contributed by atoms with Gasteiger partial charge < -0.3 is 20.3 Å². The molecule has 8 heteroatoms. The van der Waals surface area contributed by atoms with Crippen molar-refractivity contribution < 1.29 is 14.3 Å². The number of hydrogen-bond acceptors (Lipinski definition) is 5. The molecule has 2 N–H and O–H groups in total. The lowest BCUT2D eigenvalue weighted by Crippen LogP contribution is -2.34. The van der Waals surface area contributed by atoms with Gasteiger partial charge in [-0.05, 0) is 39.8 Å². The van der Waals surface area contributed by atoms with Gasteiger partial charge >= 0.3 is 6.09 Å². The van der Waals surface area contributed by atoms with Gasteiger partial charge in [-0.1, -0.05) is 23.7 Å². The molecule has 2 rings (SSSR count). The number of amides is 2. The van der Waals surface area contributed by atoms with Gasteiger partial charge in [-0.15, -0.1) is 0 Å². The van der Waals surface area contributed by atoms with E-state index >= 15 is 0 Å². The third-order valence-electron chi connectivity index (χ3n) is 3.93. The molecule has 1 atom stereocenters. The van der Waals surface area contributed by atoms with Crippen LogP contribution >= 0.6 is 11.6 Å². The minimum Gasteiger partial charge on any atom is -0.444 e. The summed E-state index contributed by atoms with van der Waals surface area (Å²) in [5, 5.41) is 7.23. The number of alkyl carbamates (subject to hydrolysis) is 1. The van der Waals surface area contributed by atoms with Crippen LogP contribution in [0.15, 0.2) is 24.3 Å². The second-order valence-corrected chi connectivity index (χ2v) is 8.15. The smallest absolute Gasteiger partial charge is 0.408 e. The Balaban J connectivity index is 2.36. The van der Waals surface area contributed by atoms with Gasteiger partial charge in [0.15, 0.2) is 0 Å². The van der Waals surface area contributed by atoms with Gasteiger partial charge in [0.05, 0.1) is 23.1 Å². The summed E-state index contributed by atoms with van der Waals surface area (Å²) in [5.41, 5.74) is 0.752. The van der Waals surface area contributed by atoms with Crippen molar-refractivity contribution in [1.82, 2.24) is 15.2 Å². The number of halogens is 1. The molecule has 0 aliphatic rings. The number of fused-ring (bicyclic) bond motifs is 1. The Labute approximate surface area is 170 Å². The Morgan fingerprint density at radius 3 is 2.57 bits per heavy atom. The van der Waals surface area contributed by atoms with Crippen LogP contribution in [0.3, 0.4) is 0 Å². The zero-order valence-electron chi connectivity index (χ0n) is 17.1. The molecule has 2 aromatic rings. The van der Waals surface area contributed by atoms with Crippen LogP contribution in [0.1, 0.15) is 39.3 Å². The first-order valence-electron chi connectivity index (χ1n) is 9.00. The van der Waals surface area contributed by atoms with Crippen molar-refractivity contribution in [3.63, 3.8) is 0 Å². The van der Waals surface area contributed by atoms with Crippen LogP contribution in [0.4, 0.5) is 10.6 Å². The molecule has 152 valence electrons.